The minimum Gasteiger partial charge on any atom is -0.448 e. The number of hydroxylamine groups is 2. The maximum Gasteiger partial charge on any atom is 0.525 e. The Kier molecular flexibility index (Phi) is 5.96. The van der Waals surface area contributed by atoms with Gasteiger partial charge in [0.15, 0.2) is 0 Å². The Bertz CT molecular complexity index is 706. The molecule has 0 saturated carbocycles. The zero-order chi connectivity index (χ0) is 19.6. The summed E-state index contributed by atoms with van der Waals surface area (Å²) >= 11 is 0. The van der Waals surface area contributed by atoms with Gasteiger partial charge in [-0.05, 0) is 43.0 Å². The second-order valence-corrected chi connectivity index (χ2v) is 7.23. The van der Waals surface area contributed by atoms with Gasteiger partial charge in [0.05, 0.1) is 6.04 Å². The standard InChI is InChI=1S/C19H26FN3O4/c1-13-11-15(20)3-4-17(13)18-12-16(5-6-23(18)27-19(25)26)22-9-7-21(8-10-22)14(2)24/h3-4,11,16,18H,5-10,12H2,1-2H3,(H,25,26)/t16-,18+/m0/s1. The molecule has 7 nitrogen and oxygen atoms in total. The third-order valence-electron chi connectivity index (χ3n) is 5.59. The minimum absolute atomic E-state index is 0.0964. The first-order valence-electron chi connectivity index (χ1n) is 9.28. The Morgan fingerprint density at radius 2 is 1.89 bits per heavy atom. The van der Waals surface area contributed by atoms with E-state index >= 15 is 0 Å². The Hall–Kier alpha value is -2.19. The molecule has 1 aromatic rings. The van der Waals surface area contributed by atoms with Gasteiger partial charge < -0.3 is 14.8 Å². The minimum atomic E-state index is -1.34. The van der Waals surface area contributed by atoms with Crippen molar-refractivity contribution in [1.29, 1.82) is 0 Å². The Morgan fingerprint density at radius 1 is 1.19 bits per heavy atom. The molecule has 2 heterocycles. The summed E-state index contributed by atoms with van der Waals surface area (Å²) in [6.07, 6.45) is 0.137. The van der Waals surface area contributed by atoms with Gasteiger partial charge in [-0.25, -0.2) is 9.18 Å². The van der Waals surface area contributed by atoms with Crippen LogP contribution in [0.15, 0.2) is 18.2 Å². The topological polar surface area (TPSA) is 73.3 Å². The van der Waals surface area contributed by atoms with E-state index in [1.54, 1.807) is 13.0 Å². The predicted molar refractivity (Wildman–Crippen MR) is 96.5 cm³/mol. The lowest BCUT2D eigenvalue weighted by molar-refractivity contribution is -0.172. The molecule has 0 aliphatic carbocycles. The van der Waals surface area contributed by atoms with Crippen molar-refractivity contribution in [3.8, 4) is 0 Å². The smallest absolute Gasteiger partial charge is 0.448 e. The highest BCUT2D eigenvalue weighted by molar-refractivity contribution is 5.73. The van der Waals surface area contributed by atoms with E-state index in [1.165, 1.54) is 17.2 Å². The van der Waals surface area contributed by atoms with E-state index in [4.69, 9.17) is 9.94 Å². The SMILES string of the molecule is CC(=O)N1CCN([C@H]2CCN(OC(=O)O)[C@@H](c3ccc(F)cc3C)C2)CC1. The van der Waals surface area contributed by atoms with E-state index in [1.807, 2.05) is 11.8 Å². The van der Waals surface area contributed by atoms with Gasteiger partial charge in [-0.1, -0.05) is 6.07 Å². The number of carboxylic acid groups (broad SMARTS) is 1. The molecule has 0 spiro atoms. The number of carbonyl (C=O) groups excluding carboxylic acids is 1. The van der Waals surface area contributed by atoms with Gasteiger partial charge in [0.2, 0.25) is 5.91 Å². The number of hydrogen-bond acceptors (Lipinski definition) is 5. The summed E-state index contributed by atoms with van der Waals surface area (Å²) in [6.45, 7) is 6.92. The van der Waals surface area contributed by atoms with Crippen LogP contribution in [0.4, 0.5) is 9.18 Å². The molecule has 0 radical (unpaired) electrons. The van der Waals surface area contributed by atoms with Crippen LogP contribution in [0.25, 0.3) is 0 Å². The van der Waals surface area contributed by atoms with Crippen molar-refractivity contribution in [2.24, 2.45) is 0 Å². The van der Waals surface area contributed by atoms with Gasteiger partial charge in [-0.3, -0.25) is 9.69 Å². The molecule has 8 heteroatoms. The maximum atomic E-state index is 13.5. The van der Waals surface area contributed by atoms with Crippen LogP contribution in [-0.2, 0) is 9.63 Å². The number of benzene rings is 1. The fourth-order valence-electron chi connectivity index (χ4n) is 4.16. The maximum absolute atomic E-state index is 13.5. The molecule has 2 atom stereocenters. The molecule has 1 amide bonds. The normalized spacial score (nSPS) is 24.6. The first-order valence-corrected chi connectivity index (χ1v) is 9.28. The molecular weight excluding hydrogens is 353 g/mol. The third kappa shape index (κ3) is 4.56. The van der Waals surface area contributed by atoms with Gasteiger partial charge in [-0.15, -0.1) is 5.06 Å². The summed E-state index contributed by atoms with van der Waals surface area (Å²) in [7, 11) is 0. The van der Waals surface area contributed by atoms with E-state index in [0.717, 1.165) is 30.6 Å². The van der Waals surface area contributed by atoms with Crippen molar-refractivity contribution >= 4 is 12.1 Å². The van der Waals surface area contributed by atoms with Gasteiger partial charge >= 0.3 is 6.16 Å². The lowest BCUT2D eigenvalue weighted by atomic mass is 9.89. The number of amides is 1. The van der Waals surface area contributed by atoms with Gasteiger partial charge in [0.1, 0.15) is 5.82 Å². The van der Waals surface area contributed by atoms with Crippen molar-refractivity contribution in [3.63, 3.8) is 0 Å². The lowest BCUT2D eigenvalue weighted by Gasteiger charge is -2.45. The third-order valence-corrected chi connectivity index (χ3v) is 5.59. The van der Waals surface area contributed by atoms with Crippen molar-refractivity contribution in [2.75, 3.05) is 32.7 Å². The highest BCUT2D eigenvalue weighted by Gasteiger charge is 2.36. The second kappa shape index (κ2) is 8.22. The second-order valence-electron chi connectivity index (χ2n) is 7.23. The summed E-state index contributed by atoms with van der Waals surface area (Å²) in [5.41, 5.74) is 1.66. The number of hydrogen-bond donors (Lipinski definition) is 1. The molecule has 148 valence electrons. The number of nitrogens with zero attached hydrogens (tertiary/aromatic N) is 3. The zero-order valence-electron chi connectivity index (χ0n) is 15.7. The molecule has 3 rings (SSSR count). The van der Waals surface area contributed by atoms with Crippen LogP contribution in [0.3, 0.4) is 0 Å². The Morgan fingerprint density at radius 3 is 2.48 bits per heavy atom. The zero-order valence-corrected chi connectivity index (χ0v) is 15.7. The Labute approximate surface area is 158 Å². The van der Waals surface area contributed by atoms with E-state index in [0.29, 0.717) is 26.1 Å². The summed E-state index contributed by atoms with van der Waals surface area (Å²) < 4.78 is 13.5. The van der Waals surface area contributed by atoms with E-state index in [9.17, 15) is 14.0 Å². The molecule has 1 aromatic carbocycles. The predicted octanol–water partition coefficient (Wildman–Crippen LogP) is 2.41. The lowest BCUT2D eigenvalue weighted by Crippen LogP contribution is -2.54. The van der Waals surface area contributed by atoms with Crippen LogP contribution >= 0.6 is 0 Å². The molecule has 2 saturated heterocycles. The summed E-state index contributed by atoms with van der Waals surface area (Å²) in [4.78, 5) is 31.8. The van der Waals surface area contributed by atoms with Crippen molar-refractivity contribution in [3.05, 3.63) is 35.1 Å². The van der Waals surface area contributed by atoms with Crippen molar-refractivity contribution in [2.45, 2.75) is 38.8 Å². The Balaban J connectivity index is 1.75. The number of rotatable bonds is 3. The van der Waals surface area contributed by atoms with Crippen molar-refractivity contribution in [1.82, 2.24) is 14.9 Å². The van der Waals surface area contributed by atoms with Crippen LogP contribution in [0, 0.1) is 12.7 Å². The van der Waals surface area contributed by atoms with Crippen LogP contribution < -0.4 is 0 Å². The largest absolute Gasteiger partial charge is 0.525 e. The molecule has 2 fully saturated rings. The van der Waals surface area contributed by atoms with Crippen molar-refractivity contribution < 1.29 is 23.9 Å². The number of carbonyl (C=O) groups is 2. The summed E-state index contributed by atoms with van der Waals surface area (Å²) in [5.74, 6) is -0.214. The molecule has 0 aromatic heterocycles. The van der Waals surface area contributed by atoms with E-state index < -0.39 is 6.16 Å². The van der Waals surface area contributed by atoms with Crippen LogP contribution in [0.5, 0.6) is 0 Å². The quantitative estimate of drug-likeness (QED) is 0.870. The average Bonchev–Trinajstić information content (AvgIpc) is 2.62. The monoisotopic (exact) mass is 379 g/mol. The fourth-order valence-corrected chi connectivity index (χ4v) is 4.16. The number of piperidine rings is 1. The molecular formula is C19H26FN3O4. The summed E-state index contributed by atoms with van der Waals surface area (Å²) in [6, 6.07) is 4.58. The highest BCUT2D eigenvalue weighted by atomic mass is 19.1. The van der Waals surface area contributed by atoms with Gasteiger partial charge in [0, 0.05) is 45.7 Å². The number of aryl methyl sites for hydroxylation is 1. The average molecular weight is 379 g/mol. The van der Waals surface area contributed by atoms with E-state index in [2.05, 4.69) is 4.90 Å². The van der Waals surface area contributed by atoms with Gasteiger partial charge in [0.25, 0.3) is 0 Å². The highest BCUT2D eigenvalue weighted by Crippen LogP contribution is 2.35. The first kappa shape index (κ1) is 19.6. The van der Waals surface area contributed by atoms with Crippen LogP contribution in [-0.4, -0.2) is 70.8 Å². The first-order chi connectivity index (χ1) is 12.8. The molecule has 2 aliphatic heterocycles. The molecule has 0 unspecified atom stereocenters. The van der Waals surface area contributed by atoms with E-state index in [-0.39, 0.29) is 23.8 Å². The van der Waals surface area contributed by atoms with Gasteiger partial charge in [-0.2, -0.15) is 0 Å². The fraction of sp³-hybridized carbons (Fsp3) is 0.579. The number of piperazine rings is 1. The number of halogens is 1. The molecule has 1 N–H and O–H groups in total. The van der Waals surface area contributed by atoms with Crippen LogP contribution in [0.2, 0.25) is 0 Å². The molecule has 27 heavy (non-hydrogen) atoms. The molecule has 2 aliphatic rings. The molecule has 0 bridgehead atoms. The van der Waals surface area contributed by atoms with Crippen LogP contribution in [0.1, 0.15) is 36.9 Å². The summed E-state index contributed by atoms with van der Waals surface area (Å²) in [5, 5.41) is 10.6.